The van der Waals surface area contributed by atoms with Gasteiger partial charge in [-0.05, 0) is 26.2 Å². The van der Waals surface area contributed by atoms with Gasteiger partial charge in [0.15, 0.2) is 0 Å². The van der Waals surface area contributed by atoms with Gasteiger partial charge in [0.2, 0.25) is 0 Å². The van der Waals surface area contributed by atoms with Crippen molar-refractivity contribution in [1.82, 2.24) is 0 Å². The van der Waals surface area contributed by atoms with E-state index in [1.807, 2.05) is 6.92 Å². The molecule has 0 aromatic rings. The Morgan fingerprint density at radius 1 is 0.786 bits per heavy atom. The van der Waals surface area contributed by atoms with Crippen LogP contribution in [0.3, 0.4) is 0 Å². The molecule has 0 aliphatic carbocycles. The molecule has 28 heavy (non-hydrogen) atoms. The first kappa shape index (κ1) is 27.4. The standard InChI is InChI=1S/C24H49NO3/c1-5-6-7-8-9-10-11-12-13-14-15-17-20-24(2,28)22-25(3,4)21-18-16-19-23(26)27/h28H,5-22H2,1-4H3/p+1. The number of rotatable bonds is 20. The Morgan fingerprint density at radius 2 is 1.25 bits per heavy atom. The topological polar surface area (TPSA) is 57.5 Å². The number of hydrogen-bond acceptors (Lipinski definition) is 2. The molecule has 0 rings (SSSR count). The average Bonchev–Trinajstić information content (AvgIpc) is 2.58. The zero-order chi connectivity index (χ0) is 21.3. The average molecular weight is 401 g/mol. The van der Waals surface area contributed by atoms with E-state index in [9.17, 15) is 9.90 Å². The normalized spacial score (nSPS) is 14.2. The van der Waals surface area contributed by atoms with Crippen LogP contribution in [0, 0.1) is 0 Å². The lowest BCUT2D eigenvalue weighted by Crippen LogP contribution is -2.51. The molecule has 0 aliphatic heterocycles. The van der Waals surface area contributed by atoms with Crippen molar-refractivity contribution < 1.29 is 19.5 Å². The van der Waals surface area contributed by atoms with Crippen LogP contribution in [0.15, 0.2) is 0 Å². The fraction of sp³-hybridized carbons (Fsp3) is 0.958. The summed E-state index contributed by atoms with van der Waals surface area (Å²) in [5, 5.41) is 19.5. The van der Waals surface area contributed by atoms with Crippen molar-refractivity contribution in [2.24, 2.45) is 0 Å². The summed E-state index contributed by atoms with van der Waals surface area (Å²) in [5.74, 6) is -0.718. The van der Waals surface area contributed by atoms with Crippen LogP contribution >= 0.6 is 0 Å². The fourth-order valence-electron chi connectivity index (χ4n) is 4.24. The van der Waals surface area contributed by atoms with E-state index in [2.05, 4.69) is 21.0 Å². The highest BCUT2D eigenvalue weighted by atomic mass is 16.4. The van der Waals surface area contributed by atoms with Crippen molar-refractivity contribution in [2.75, 3.05) is 27.2 Å². The van der Waals surface area contributed by atoms with Gasteiger partial charge in [-0.25, -0.2) is 0 Å². The molecule has 1 atom stereocenters. The van der Waals surface area contributed by atoms with Crippen LogP contribution in [0.2, 0.25) is 0 Å². The van der Waals surface area contributed by atoms with Crippen LogP contribution in [0.1, 0.15) is 117 Å². The summed E-state index contributed by atoms with van der Waals surface area (Å²) < 4.78 is 0.755. The maximum Gasteiger partial charge on any atom is 0.303 e. The van der Waals surface area contributed by atoms with Crippen LogP contribution in [-0.4, -0.2) is 53.5 Å². The first-order valence-electron chi connectivity index (χ1n) is 11.9. The lowest BCUT2D eigenvalue weighted by Gasteiger charge is -2.36. The van der Waals surface area contributed by atoms with E-state index in [1.54, 1.807) is 0 Å². The number of quaternary nitrogens is 1. The molecule has 0 spiro atoms. The number of nitrogens with zero attached hydrogens (tertiary/aromatic N) is 1. The molecule has 4 heteroatoms. The van der Waals surface area contributed by atoms with E-state index in [-0.39, 0.29) is 6.42 Å². The zero-order valence-corrected chi connectivity index (χ0v) is 19.5. The van der Waals surface area contributed by atoms with Crippen LogP contribution in [-0.2, 0) is 4.79 Å². The number of aliphatic carboxylic acids is 1. The van der Waals surface area contributed by atoms with Gasteiger partial charge >= 0.3 is 5.97 Å². The maximum absolute atomic E-state index is 10.7. The molecule has 0 radical (unpaired) electrons. The maximum atomic E-state index is 10.7. The summed E-state index contributed by atoms with van der Waals surface area (Å²) in [6.45, 7) is 5.88. The van der Waals surface area contributed by atoms with Gasteiger partial charge in [0.1, 0.15) is 12.1 Å². The predicted octanol–water partition coefficient (Wildman–Crippen LogP) is 6.16. The molecule has 168 valence electrons. The third-order valence-electron chi connectivity index (χ3n) is 5.74. The number of aliphatic hydroxyl groups is 1. The van der Waals surface area contributed by atoms with Gasteiger partial charge in [-0.1, -0.05) is 84.0 Å². The van der Waals surface area contributed by atoms with Gasteiger partial charge in [0, 0.05) is 6.42 Å². The molecular formula is C24H50NO3+. The Balaban J connectivity index is 3.66. The highest BCUT2D eigenvalue weighted by Gasteiger charge is 2.29. The summed E-state index contributed by atoms with van der Waals surface area (Å²) in [4.78, 5) is 10.6. The van der Waals surface area contributed by atoms with Gasteiger partial charge in [0.05, 0.1) is 20.6 Å². The third-order valence-corrected chi connectivity index (χ3v) is 5.74. The van der Waals surface area contributed by atoms with Crippen molar-refractivity contribution in [1.29, 1.82) is 0 Å². The van der Waals surface area contributed by atoms with Crippen molar-refractivity contribution >= 4 is 5.97 Å². The summed E-state index contributed by atoms with van der Waals surface area (Å²) >= 11 is 0. The van der Waals surface area contributed by atoms with E-state index < -0.39 is 11.6 Å². The zero-order valence-electron chi connectivity index (χ0n) is 19.5. The Bertz CT molecular complexity index is 380. The van der Waals surface area contributed by atoms with Crippen molar-refractivity contribution in [2.45, 2.75) is 122 Å². The highest BCUT2D eigenvalue weighted by molar-refractivity contribution is 5.66. The Kier molecular flexibility index (Phi) is 15.9. The largest absolute Gasteiger partial charge is 0.481 e. The van der Waals surface area contributed by atoms with E-state index in [0.29, 0.717) is 0 Å². The third kappa shape index (κ3) is 18.7. The van der Waals surface area contributed by atoms with Crippen molar-refractivity contribution in [3.05, 3.63) is 0 Å². The van der Waals surface area contributed by atoms with Gasteiger partial charge in [-0.15, -0.1) is 0 Å². The fourth-order valence-corrected chi connectivity index (χ4v) is 4.24. The first-order valence-corrected chi connectivity index (χ1v) is 11.9. The second-order valence-corrected chi connectivity index (χ2v) is 9.80. The SMILES string of the molecule is CCCCCCCCCCCCCCC(C)(O)C[N+](C)(C)CCCCC(=O)O. The second-order valence-electron chi connectivity index (χ2n) is 9.80. The van der Waals surface area contributed by atoms with Crippen molar-refractivity contribution in [3.63, 3.8) is 0 Å². The number of likely N-dealkylation sites (N-methyl/N-ethyl adjacent to an activating group) is 1. The van der Waals surface area contributed by atoms with Crippen LogP contribution in [0.5, 0.6) is 0 Å². The second kappa shape index (κ2) is 16.2. The molecule has 0 heterocycles. The Labute approximate surface area is 175 Å². The molecule has 0 saturated heterocycles. The Morgan fingerprint density at radius 3 is 1.71 bits per heavy atom. The van der Waals surface area contributed by atoms with Crippen LogP contribution in [0.25, 0.3) is 0 Å². The summed E-state index contributed by atoms with van der Waals surface area (Å²) in [6, 6.07) is 0. The Hall–Kier alpha value is -0.610. The van der Waals surface area contributed by atoms with Gasteiger partial charge in [0.25, 0.3) is 0 Å². The monoisotopic (exact) mass is 400 g/mol. The number of hydrogen-bond donors (Lipinski definition) is 2. The lowest BCUT2D eigenvalue weighted by molar-refractivity contribution is -0.896. The lowest BCUT2D eigenvalue weighted by atomic mass is 9.96. The van der Waals surface area contributed by atoms with E-state index in [0.717, 1.165) is 43.3 Å². The molecule has 0 bridgehead atoms. The number of unbranched alkanes of at least 4 members (excludes halogenated alkanes) is 12. The molecular weight excluding hydrogens is 350 g/mol. The quantitative estimate of drug-likeness (QED) is 0.190. The molecule has 0 aromatic carbocycles. The molecule has 1 unspecified atom stereocenters. The van der Waals surface area contributed by atoms with Gasteiger partial charge in [-0.3, -0.25) is 4.79 Å². The minimum Gasteiger partial charge on any atom is -0.481 e. The number of carboxylic acids is 1. The highest BCUT2D eigenvalue weighted by Crippen LogP contribution is 2.20. The van der Waals surface area contributed by atoms with E-state index in [4.69, 9.17) is 5.11 Å². The molecule has 0 amide bonds. The van der Waals surface area contributed by atoms with E-state index >= 15 is 0 Å². The van der Waals surface area contributed by atoms with Gasteiger partial charge < -0.3 is 14.7 Å². The van der Waals surface area contributed by atoms with E-state index in [1.165, 1.54) is 70.6 Å². The molecule has 0 fully saturated rings. The molecule has 0 aliphatic rings. The predicted molar refractivity (Wildman–Crippen MR) is 120 cm³/mol. The van der Waals surface area contributed by atoms with Crippen LogP contribution in [0.4, 0.5) is 0 Å². The summed E-state index contributed by atoms with van der Waals surface area (Å²) in [7, 11) is 4.27. The summed E-state index contributed by atoms with van der Waals surface area (Å²) in [6.07, 6.45) is 18.8. The minimum absolute atomic E-state index is 0.245. The minimum atomic E-state index is -0.718. The molecule has 4 nitrogen and oxygen atoms in total. The molecule has 0 saturated carbocycles. The first-order chi connectivity index (χ1) is 13.2. The smallest absolute Gasteiger partial charge is 0.303 e. The number of carboxylic acid groups (broad SMARTS) is 1. The van der Waals surface area contributed by atoms with Gasteiger partial charge in [-0.2, -0.15) is 0 Å². The molecule has 0 aromatic heterocycles. The number of carbonyl (C=O) groups is 1. The molecule has 2 N–H and O–H groups in total. The van der Waals surface area contributed by atoms with Crippen molar-refractivity contribution in [3.8, 4) is 0 Å². The summed E-state index contributed by atoms with van der Waals surface area (Å²) in [5.41, 5.74) is -0.630. The van der Waals surface area contributed by atoms with Crippen LogP contribution < -0.4 is 0 Å².